The first-order valence-corrected chi connectivity index (χ1v) is 10.8. The quantitative estimate of drug-likeness (QED) is 0.644. The van der Waals surface area contributed by atoms with Crippen molar-refractivity contribution in [1.82, 2.24) is 20.1 Å². The second kappa shape index (κ2) is 8.57. The fourth-order valence-electron chi connectivity index (χ4n) is 2.91. The van der Waals surface area contributed by atoms with Gasteiger partial charge in [0.05, 0.1) is 34.5 Å². The normalized spacial score (nSPS) is 11.6. The summed E-state index contributed by atoms with van der Waals surface area (Å²) in [5.74, 6) is -0.152. The first-order valence-electron chi connectivity index (χ1n) is 9.30. The van der Waals surface area contributed by atoms with Gasteiger partial charge in [0.15, 0.2) is 9.84 Å². The molecule has 1 N–H and O–H groups in total. The van der Waals surface area contributed by atoms with E-state index in [2.05, 4.69) is 15.4 Å². The van der Waals surface area contributed by atoms with Gasteiger partial charge in [0.2, 0.25) is 5.91 Å². The number of rotatable bonds is 7. The summed E-state index contributed by atoms with van der Waals surface area (Å²) >= 11 is 0. The average Bonchev–Trinajstić information content (AvgIpc) is 3.08. The highest BCUT2D eigenvalue weighted by Crippen LogP contribution is 2.19. The third-order valence-electron chi connectivity index (χ3n) is 4.61. The summed E-state index contributed by atoms with van der Waals surface area (Å²) in [4.78, 5) is 16.6. The lowest BCUT2D eigenvalue weighted by molar-refractivity contribution is -0.120. The SMILES string of the molecule is CC(C)S(=O)(=O)c1ccc(CC(=O)NCc2cc(-c3ccncc3)n(C)n2)cc1. The molecular weight excluding hydrogens is 388 g/mol. The predicted molar refractivity (Wildman–Crippen MR) is 111 cm³/mol. The highest BCUT2D eigenvalue weighted by Gasteiger charge is 2.19. The lowest BCUT2D eigenvalue weighted by Crippen LogP contribution is -2.24. The maximum atomic E-state index is 12.3. The van der Waals surface area contributed by atoms with Gasteiger partial charge < -0.3 is 5.32 Å². The number of nitrogens with one attached hydrogen (secondary N) is 1. The highest BCUT2D eigenvalue weighted by molar-refractivity contribution is 7.92. The molecule has 0 aliphatic heterocycles. The van der Waals surface area contributed by atoms with Gasteiger partial charge >= 0.3 is 0 Å². The van der Waals surface area contributed by atoms with Crippen LogP contribution in [0, 0.1) is 0 Å². The second-order valence-electron chi connectivity index (χ2n) is 7.07. The zero-order valence-corrected chi connectivity index (χ0v) is 17.5. The number of amides is 1. The standard InChI is InChI=1S/C21H24N4O3S/c1-15(2)29(27,28)19-6-4-16(5-7-19)12-21(26)23-14-18-13-20(25(3)24-18)17-8-10-22-11-9-17/h4-11,13,15H,12,14H2,1-3H3,(H,23,26). The first kappa shape index (κ1) is 20.7. The molecule has 0 atom stereocenters. The van der Waals surface area contributed by atoms with Crippen LogP contribution in [0.3, 0.4) is 0 Å². The van der Waals surface area contributed by atoms with E-state index in [1.807, 2.05) is 25.2 Å². The number of carbonyl (C=O) groups is 1. The van der Waals surface area contributed by atoms with Gasteiger partial charge in [-0.25, -0.2) is 8.42 Å². The molecule has 29 heavy (non-hydrogen) atoms. The first-order chi connectivity index (χ1) is 13.8. The van der Waals surface area contributed by atoms with E-state index >= 15 is 0 Å². The molecule has 0 bridgehead atoms. The molecule has 0 saturated carbocycles. The van der Waals surface area contributed by atoms with Crippen LogP contribution in [0.2, 0.25) is 0 Å². The van der Waals surface area contributed by atoms with Crippen LogP contribution in [-0.4, -0.2) is 34.3 Å². The van der Waals surface area contributed by atoms with E-state index in [0.717, 1.165) is 22.5 Å². The predicted octanol–water partition coefficient (Wildman–Crippen LogP) is 2.52. The van der Waals surface area contributed by atoms with Crippen molar-refractivity contribution >= 4 is 15.7 Å². The van der Waals surface area contributed by atoms with Gasteiger partial charge in [-0.1, -0.05) is 12.1 Å². The molecule has 0 aliphatic carbocycles. The van der Waals surface area contributed by atoms with E-state index in [0.29, 0.717) is 6.54 Å². The van der Waals surface area contributed by atoms with E-state index in [9.17, 15) is 13.2 Å². The van der Waals surface area contributed by atoms with Crippen LogP contribution in [-0.2, 0) is 34.6 Å². The van der Waals surface area contributed by atoms with E-state index in [1.165, 1.54) is 0 Å². The molecule has 3 aromatic rings. The lowest BCUT2D eigenvalue weighted by Gasteiger charge is -2.08. The van der Waals surface area contributed by atoms with Crippen molar-refractivity contribution in [1.29, 1.82) is 0 Å². The van der Waals surface area contributed by atoms with Crippen molar-refractivity contribution in [3.05, 3.63) is 66.1 Å². The van der Waals surface area contributed by atoms with Gasteiger partial charge in [-0.3, -0.25) is 14.5 Å². The number of pyridine rings is 1. The third-order valence-corrected chi connectivity index (χ3v) is 6.78. The maximum absolute atomic E-state index is 12.3. The molecule has 0 fully saturated rings. The largest absolute Gasteiger partial charge is 0.350 e. The van der Waals surface area contributed by atoms with Crippen LogP contribution in [0.15, 0.2) is 59.8 Å². The van der Waals surface area contributed by atoms with Gasteiger partial charge in [-0.05, 0) is 49.7 Å². The smallest absolute Gasteiger partial charge is 0.224 e. The zero-order chi connectivity index (χ0) is 21.0. The molecule has 0 spiro atoms. The number of aromatic nitrogens is 3. The Kier molecular flexibility index (Phi) is 6.12. The molecule has 7 nitrogen and oxygen atoms in total. The van der Waals surface area contributed by atoms with Gasteiger partial charge in [0.1, 0.15) is 0 Å². The fourth-order valence-corrected chi connectivity index (χ4v) is 3.97. The monoisotopic (exact) mass is 412 g/mol. The minimum atomic E-state index is -3.31. The number of carbonyl (C=O) groups excluding carboxylic acids is 1. The summed E-state index contributed by atoms with van der Waals surface area (Å²) in [6, 6.07) is 12.2. The molecule has 0 aliphatic rings. The van der Waals surface area contributed by atoms with E-state index < -0.39 is 15.1 Å². The van der Waals surface area contributed by atoms with Crippen LogP contribution < -0.4 is 5.32 Å². The highest BCUT2D eigenvalue weighted by atomic mass is 32.2. The molecule has 3 rings (SSSR count). The molecule has 1 aromatic carbocycles. The van der Waals surface area contributed by atoms with Crippen molar-refractivity contribution in [2.75, 3.05) is 0 Å². The summed E-state index contributed by atoms with van der Waals surface area (Å²) < 4.78 is 26.1. The molecule has 2 aromatic heterocycles. The molecule has 0 unspecified atom stereocenters. The Balaban J connectivity index is 1.59. The van der Waals surface area contributed by atoms with Crippen LogP contribution in [0.25, 0.3) is 11.3 Å². The summed E-state index contributed by atoms with van der Waals surface area (Å²) in [7, 11) is -1.45. The molecular formula is C21H24N4O3S. The summed E-state index contributed by atoms with van der Waals surface area (Å²) in [6.07, 6.45) is 3.62. The van der Waals surface area contributed by atoms with E-state index in [1.54, 1.807) is 55.2 Å². The molecule has 0 saturated heterocycles. The van der Waals surface area contributed by atoms with Crippen LogP contribution in [0.5, 0.6) is 0 Å². The second-order valence-corrected chi connectivity index (χ2v) is 9.58. The molecule has 152 valence electrons. The molecule has 1 amide bonds. The van der Waals surface area contributed by atoms with Crippen molar-refractivity contribution < 1.29 is 13.2 Å². The fraction of sp³-hybridized carbons (Fsp3) is 0.286. The van der Waals surface area contributed by atoms with Gasteiger partial charge in [-0.15, -0.1) is 0 Å². The summed E-state index contributed by atoms with van der Waals surface area (Å²) in [5, 5.41) is 6.81. The summed E-state index contributed by atoms with van der Waals surface area (Å²) in [6.45, 7) is 3.61. The number of hydrogen-bond acceptors (Lipinski definition) is 5. The minimum Gasteiger partial charge on any atom is -0.350 e. The Bertz CT molecular complexity index is 1090. The summed E-state index contributed by atoms with van der Waals surface area (Å²) in [5.41, 5.74) is 3.46. The van der Waals surface area contributed by atoms with Crippen LogP contribution in [0.4, 0.5) is 0 Å². The minimum absolute atomic E-state index is 0.152. The van der Waals surface area contributed by atoms with Crippen LogP contribution >= 0.6 is 0 Å². The average molecular weight is 413 g/mol. The maximum Gasteiger partial charge on any atom is 0.224 e. The van der Waals surface area contributed by atoms with Crippen molar-refractivity contribution in [2.45, 2.75) is 37.0 Å². The topological polar surface area (TPSA) is 94.0 Å². The molecule has 2 heterocycles. The van der Waals surface area contributed by atoms with E-state index in [-0.39, 0.29) is 17.2 Å². The Labute approximate surface area is 170 Å². The Morgan fingerprint density at radius 1 is 1.10 bits per heavy atom. The van der Waals surface area contributed by atoms with Gasteiger partial charge in [0.25, 0.3) is 0 Å². The molecule has 0 radical (unpaired) electrons. The zero-order valence-electron chi connectivity index (χ0n) is 16.7. The Hall–Kier alpha value is -3.00. The number of benzene rings is 1. The van der Waals surface area contributed by atoms with Gasteiger partial charge in [-0.2, -0.15) is 5.10 Å². The third kappa shape index (κ3) is 4.89. The Morgan fingerprint density at radius 3 is 2.38 bits per heavy atom. The van der Waals surface area contributed by atoms with Crippen LogP contribution in [0.1, 0.15) is 25.1 Å². The molecule has 8 heteroatoms. The van der Waals surface area contributed by atoms with Crippen molar-refractivity contribution in [3.63, 3.8) is 0 Å². The number of aryl methyl sites for hydroxylation is 1. The number of nitrogens with zero attached hydrogens (tertiary/aromatic N) is 3. The van der Waals surface area contributed by atoms with E-state index in [4.69, 9.17) is 0 Å². The lowest BCUT2D eigenvalue weighted by atomic mass is 10.1. The Morgan fingerprint density at radius 2 is 1.76 bits per heavy atom. The van der Waals surface area contributed by atoms with Crippen molar-refractivity contribution in [2.24, 2.45) is 7.05 Å². The van der Waals surface area contributed by atoms with Crippen molar-refractivity contribution in [3.8, 4) is 11.3 Å². The van der Waals surface area contributed by atoms with Gasteiger partial charge in [0, 0.05) is 25.0 Å². The number of hydrogen-bond donors (Lipinski definition) is 1. The number of sulfone groups is 1.